The summed E-state index contributed by atoms with van der Waals surface area (Å²) in [5, 5.41) is 0. The smallest absolute Gasteiger partial charge is 0.247 e. The van der Waals surface area contributed by atoms with Crippen LogP contribution in [0.15, 0.2) is 47.4 Å². The van der Waals surface area contributed by atoms with Crippen LogP contribution in [0.4, 0.5) is 5.69 Å². The minimum absolute atomic E-state index is 0.127. The van der Waals surface area contributed by atoms with Gasteiger partial charge < -0.3 is 19.1 Å². The van der Waals surface area contributed by atoms with Gasteiger partial charge in [-0.1, -0.05) is 0 Å². The summed E-state index contributed by atoms with van der Waals surface area (Å²) < 4.78 is 43.3. The fourth-order valence-electron chi connectivity index (χ4n) is 3.10. The number of rotatable bonds is 6. The van der Waals surface area contributed by atoms with E-state index in [0.29, 0.717) is 37.7 Å². The van der Waals surface area contributed by atoms with E-state index >= 15 is 0 Å². The average Bonchev–Trinajstić information content (AvgIpc) is 2.73. The van der Waals surface area contributed by atoms with Crippen molar-refractivity contribution in [1.29, 1.82) is 0 Å². The van der Waals surface area contributed by atoms with E-state index in [9.17, 15) is 8.42 Å². The molecule has 0 bridgehead atoms. The Hall–Kier alpha value is -2.45. The molecule has 0 N–H and O–H groups in total. The van der Waals surface area contributed by atoms with Crippen LogP contribution in [0.3, 0.4) is 0 Å². The van der Waals surface area contributed by atoms with Crippen LogP contribution in [0.1, 0.15) is 0 Å². The maximum Gasteiger partial charge on any atom is 0.247 e. The van der Waals surface area contributed by atoms with E-state index in [4.69, 9.17) is 14.2 Å². The van der Waals surface area contributed by atoms with Gasteiger partial charge in [0.05, 0.1) is 21.3 Å². The molecule has 1 fully saturated rings. The molecule has 146 valence electrons. The summed E-state index contributed by atoms with van der Waals surface area (Å²) in [5.74, 6) is 1.59. The minimum Gasteiger partial charge on any atom is -0.497 e. The highest BCUT2D eigenvalue weighted by Crippen LogP contribution is 2.31. The molecular weight excluding hydrogens is 368 g/mol. The second-order valence-electron chi connectivity index (χ2n) is 6.11. The quantitative estimate of drug-likeness (QED) is 0.751. The van der Waals surface area contributed by atoms with E-state index in [1.165, 1.54) is 24.6 Å². The average molecular weight is 392 g/mol. The number of nitrogens with zero attached hydrogens (tertiary/aromatic N) is 2. The van der Waals surface area contributed by atoms with Crippen LogP contribution in [0.25, 0.3) is 0 Å². The Morgan fingerprint density at radius 2 is 1.37 bits per heavy atom. The molecule has 2 aromatic rings. The maximum absolute atomic E-state index is 13.1. The van der Waals surface area contributed by atoms with Crippen LogP contribution in [0.2, 0.25) is 0 Å². The van der Waals surface area contributed by atoms with Crippen molar-refractivity contribution in [1.82, 2.24) is 4.31 Å². The SMILES string of the molecule is COc1ccc(N2CCN(S(=O)(=O)c3cc(OC)ccc3OC)CC2)cc1. The first kappa shape index (κ1) is 19.3. The van der Waals surface area contributed by atoms with E-state index in [2.05, 4.69) is 4.90 Å². The van der Waals surface area contributed by atoms with Crippen molar-refractivity contribution in [2.24, 2.45) is 0 Å². The van der Waals surface area contributed by atoms with Crippen molar-refractivity contribution < 1.29 is 22.6 Å². The Balaban J connectivity index is 1.76. The van der Waals surface area contributed by atoms with Gasteiger partial charge in [-0.2, -0.15) is 4.31 Å². The van der Waals surface area contributed by atoms with Crippen molar-refractivity contribution in [3.63, 3.8) is 0 Å². The molecule has 0 saturated carbocycles. The summed E-state index contributed by atoms with van der Waals surface area (Å²) in [5.41, 5.74) is 1.05. The highest BCUT2D eigenvalue weighted by Gasteiger charge is 2.31. The van der Waals surface area contributed by atoms with E-state index in [1.54, 1.807) is 19.2 Å². The van der Waals surface area contributed by atoms with E-state index < -0.39 is 10.0 Å². The Labute approximate surface area is 160 Å². The van der Waals surface area contributed by atoms with Crippen LogP contribution in [0.5, 0.6) is 17.2 Å². The lowest BCUT2D eigenvalue weighted by Crippen LogP contribution is -2.48. The van der Waals surface area contributed by atoms with Gasteiger partial charge in [0, 0.05) is 37.9 Å². The van der Waals surface area contributed by atoms with Crippen molar-refractivity contribution in [3.8, 4) is 17.2 Å². The summed E-state index contributed by atoms with van der Waals surface area (Å²) in [7, 11) is 0.925. The third kappa shape index (κ3) is 3.96. The monoisotopic (exact) mass is 392 g/mol. The molecule has 2 aromatic carbocycles. The van der Waals surface area contributed by atoms with Gasteiger partial charge in [-0.05, 0) is 36.4 Å². The molecule has 0 amide bonds. The lowest BCUT2D eigenvalue weighted by molar-refractivity contribution is 0.370. The predicted octanol–water partition coefficient (Wildman–Crippen LogP) is 2.22. The molecule has 0 aromatic heterocycles. The van der Waals surface area contributed by atoms with Crippen molar-refractivity contribution in [2.45, 2.75) is 4.90 Å². The van der Waals surface area contributed by atoms with Gasteiger partial charge in [0.15, 0.2) is 0 Å². The van der Waals surface area contributed by atoms with Gasteiger partial charge in [-0.15, -0.1) is 0 Å². The number of ether oxygens (including phenoxy) is 3. The zero-order valence-electron chi connectivity index (χ0n) is 15.7. The first-order valence-corrected chi connectivity index (χ1v) is 10.0. The first-order chi connectivity index (χ1) is 13.0. The van der Waals surface area contributed by atoms with Crippen LogP contribution in [0, 0.1) is 0 Å². The van der Waals surface area contributed by atoms with E-state index in [1.807, 2.05) is 24.3 Å². The number of hydrogen-bond donors (Lipinski definition) is 0. The summed E-state index contributed by atoms with van der Waals surface area (Å²) in [6, 6.07) is 12.6. The lowest BCUT2D eigenvalue weighted by Gasteiger charge is -2.35. The zero-order valence-corrected chi connectivity index (χ0v) is 16.5. The van der Waals surface area contributed by atoms with Crippen LogP contribution >= 0.6 is 0 Å². The molecule has 3 rings (SSSR count). The number of methoxy groups -OCH3 is 3. The van der Waals surface area contributed by atoms with Crippen molar-refractivity contribution >= 4 is 15.7 Å². The van der Waals surface area contributed by atoms with Gasteiger partial charge in [0.1, 0.15) is 22.1 Å². The molecule has 0 unspecified atom stereocenters. The van der Waals surface area contributed by atoms with Crippen LogP contribution in [-0.2, 0) is 10.0 Å². The second-order valence-corrected chi connectivity index (χ2v) is 8.01. The Morgan fingerprint density at radius 3 is 1.93 bits per heavy atom. The lowest BCUT2D eigenvalue weighted by atomic mass is 10.2. The molecule has 0 spiro atoms. The molecule has 27 heavy (non-hydrogen) atoms. The molecule has 8 heteroatoms. The third-order valence-corrected chi connectivity index (χ3v) is 6.58. The minimum atomic E-state index is -3.67. The van der Waals surface area contributed by atoms with E-state index in [-0.39, 0.29) is 4.90 Å². The highest BCUT2D eigenvalue weighted by molar-refractivity contribution is 7.89. The van der Waals surface area contributed by atoms with Gasteiger partial charge >= 0.3 is 0 Å². The molecule has 1 saturated heterocycles. The molecule has 0 radical (unpaired) electrons. The summed E-state index contributed by atoms with van der Waals surface area (Å²) >= 11 is 0. The molecule has 1 aliphatic rings. The normalized spacial score (nSPS) is 15.4. The Kier molecular flexibility index (Phi) is 5.76. The van der Waals surface area contributed by atoms with Gasteiger partial charge in [0.25, 0.3) is 0 Å². The fraction of sp³-hybridized carbons (Fsp3) is 0.368. The molecule has 1 aliphatic heterocycles. The van der Waals surface area contributed by atoms with Crippen LogP contribution in [-0.4, -0.2) is 60.2 Å². The summed E-state index contributed by atoms with van der Waals surface area (Å²) in [6.45, 7) is 2.01. The van der Waals surface area contributed by atoms with Gasteiger partial charge in [0.2, 0.25) is 10.0 Å². The van der Waals surface area contributed by atoms with Crippen molar-refractivity contribution in [3.05, 3.63) is 42.5 Å². The molecule has 0 atom stereocenters. The topological polar surface area (TPSA) is 68.3 Å². The van der Waals surface area contributed by atoms with E-state index in [0.717, 1.165) is 11.4 Å². The van der Waals surface area contributed by atoms with Crippen molar-refractivity contribution in [2.75, 3.05) is 52.4 Å². The van der Waals surface area contributed by atoms with Gasteiger partial charge in [-0.25, -0.2) is 8.42 Å². The molecular formula is C19H24N2O5S. The fourth-order valence-corrected chi connectivity index (χ4v) is 4.70. The van der Waals surface area contributed by atoms with Gasteiger partial charge in [-0.3, -0.25) is 0 Å². The largest absolute Gasteiger partial charge is 0.497 e. The predicted molar refractivity (Wildman–Crippen MR) is 104 cm³/mol. The third-order valence-electron chi connectivity index (χ3n) is 4.66. The Bertz CT molecular complexity index is 875. The Morgan fingerprint density at radius 1 is 0.778 bits per heavy atom. The first-order valence-electron chi connectivity index (χ1n) is 8.61. The summed E-state index contributed by atoms with van der Waals surface area (Å²) in [4.78, 5) is 2.29. The maximum atomic E-state index is 13.1. The van der Waals surface area contributed by atoms with Crippen LogP contribution < -0.4 is 19.1 Å². The number of sulfonamides is 1. The standard InChI is InChI=1S/C19H24N2O5S/c1-24-16-6-4-15(5-7-16)20-10-12-21(13-11-20)27(22,23)19-14-17(25-2)8-9-18(19)26-3/h4-9,14H,10-13H2,1-3H3. The molecule has 0 aliphatic carbocycles. The highest BCUT2D eigenvalue weighted by atomic mass is 32.2. The number of hydrogen-bond acceptors (Lipinski definition) is 6. The zero-order chi connectivity index (χ0) is 19.4. The molecule has 7 nitrogen and oxygen atoms in total. The number of piperazine rings is 1. The number of anilines is 1. The summed E-state index contributed by atoms with van der Waals surface area (Å²) in [6.07, 6.45) is 0. The molecule has 1 heterocycles. The number of benzene rings is 2. The second kappa shape index (κ2) is 8.06.